The first-order valence-electron chi connectivity index (χ1n) is 12.0. The molecule has 1 aliphatic rings. The zero-order chi connectivity index (χ0) is 25.2. The van der Waals surface area contributed by atoms with Gasteiger partial charge in [0.05, 0.1) is 7.11 Å². The predicted octanol–water partition coefficient (Wildman–Crippen LogP) is 5.34. The molecule has 0 radical (unpaired) electrons. The number of benzene rings is 3. The first-order chi connectivity index (χ1) is 17.4. The number of carbonyl (C=O) groups is 2. The van der Waals surface area contributed by atoms with Gasteiger partial charge in [-0.25, -0.2) is 0 Å². The van der Waals surface area contributed by atoms with Gasteiger partial charge in [-0.05, 0) is 48.2 Å². The molecule has 2 heterocycles. The molecule has 6 nitrogen and oxygen atoms in total. The highest BCUT2D eigenvalue weighted by molar-refractivity contribution is 6.31. The zero-order valence-corrected chi connectivity index (χ0v) is 21.0. The number of aryl methyl sites for hydroxylation is 1. The Hall–Kier alpha value is -3.61. The molecule has 7 heteroatoms. The van der Waals surface area contributed by atoms with Gasteiger partial charge in [-0.3, -0.25) is 14.5 Å². The third-order valence-electron chi connectivity index (χ3n) is 6.90. The number of aromatic nitrogens is 1. The van der Waals surface area contributed by atoms with Crippen LogP contribution in [0.2, 0.25) is 5.02 Å². The molecule has 3 aromatic carbocycles. The maximum atomic E-state index is 13.6. The van der Waals surface area contributed by atoms with Crippen molar-refractivity contribution in [3.8, 4) is 11.1 Å². The third kappa shape index (κ3) is 4.74. The number of hydrogen-bond donors (Lipinski definition) is 2. The monoisotopic (exact) mass is 501 g/mol. The largest absolute Gasteiger partial charge is 0.468 e. The van der Waals surface area contributed by atoms with Crippen molar-refractivity contribution in [3.63, 3.8) is 0 Å². The van der Waals surface area contributed by atoms with Crippen LogP contribution in [0.5, 0.6) is 0 Å². The van der Waals surface area contributed by atoms with Gasteiger partial charge >= 0.3 is 5.97 Å². The summed E-state index contributed by atoms with van der Waals surface area (Å²) in [5.41, 5.74) is 5.37. The highest BCUT2D eigenvalue weighted by Gasteiger charge is 2.38. The van der Waals surface area contributed by atoms with Crippen LogP contribution < -0.4 is 5.32 Å². The van der Waals surface area contributed by atoms with Gasteiger partial charge < -0.3 is 15.0 Å². The van der Waals surface area contributed by atoms with E-state index in [9.17, 15) is 9.59 Å². The van der Waals surface area contributed by atoms with Crippen LogP contribution in [0.4, 0.5) is 0 Å². The molecule has 1 aromatic heterocycles. The number of carbonyl (C=O) groups excluding carboxylic acids is 2. The summed E-state index contributed by atoms with van der Waals surface area (Å²) >= 11 is 6.29. The molecule has 0 aliphatic carbocycles. The second-order valence-corrected chi connectivity index (χ2v) is 9.67. The average Bonchev–Trinajstić information content (AvgIpc) is 3.46. The number of fused-ring (bicyclic) bond motifs is 1. The highest BCUT2D eigenvalue weighted by Crippen LogP contribution is 2.34. The minimum Gasteiger partial charge on any atom is -0.468 e. The SMILES string of the molecule is COC(=O)[C@@H]1C[C@@H](NC(=O)c2[nH]c3ccc(Cl)cc3c2-c2ccccc2)CN1Cc1ccccc1C. The Labute approximate surface area is 215 Å². The van der Waals surface area contributed by atoms with E-state index < -0.39 is 6.04 Å². The van der Waals surface area contributed by atoms with E-state index in [1.165, 1.54) is 7.11 Å². The van der Waals surface area contributed by atoms with E-state index in [2.05, 4.69) is 34.3 Å². The second kappa shape index (κ2) is 10.2. The number of aromatic amines is 1. The van der Waals surface area contributed by atoms with Crippen LogP contribution in [0, 0.1) is 6.92 Å². The van der Waals surface area contributed by atoms with Crippen molar-refractivity contribution in [2.75, 3.05) is 13.7 Å². The average molecular weight is 502 g/mol. The molecule has 0 saturated carbocycles. The molecule has 1 saturated heterocycles. The molecule has 2 atom stereocenters. The van der Waals surface area contributed by atoms with Crippen LogP contribution in [0.15, 0.2) is 72.8 Å². The summed E-state index contributed by atoms with van der Waals surface area (Å²) in [6, 6.07) is 22.9. The fraction of sp³-hybridized carbons (Fsp3) is 0.241. The van der Waals surface area contributed by atoms with Crippen LogP contribution in [-0.4, -0.2) is 47.5 Å². The summed E-state index contributed by atoms with van der Waals surface area (Å²) < 4.78 is 5.09. The maximum absolute atomic E-state index is 13.6. The summed E-state index contributed by atoms with van der Waals surface area (Å²) in [5, 5.41) is 4.66. The van der Waals surface area contributed by atoms with E-state index in [4.69, 9.17) is 16.3 Å². The summed E-state index contributed by atoms with van der Waals surface area (Å²) in [4.78, 5) is 31.6. The lowest BCUT2D eigenvalue weighted by molar-refractivity contribution is -0.146. The van der Waals surface area contributed by atoms with Gasteiger partial charge in [0.2, 0.25) is 0 Å². The van der Waals surface area contributed by atoms with Crippen molar-refractivity contribution in [3.05, 3.63) is 94.6 Å². The number of hydrogen-bond acceptors (Lipinski definition) is 4. The second-order valence-electron chi connectivity index (χ2n) is 9.23. The van der Waals surface area contributed by atoms with E-state index in [1.807, 2.05) is 54.6 Å². The molecule has 4 aromatic rings. The molecule has 0 unspecified atom stereocenters. The molecule has 5 rings (SSSR count). The molecule has 0 spiro atoms. The number of likely N-dealkylation sites (tertiary alicyclic amines) is 1. The van der Waals surface area contributed by atoms with Gasteiger partial charge in [0.25, 0.3) is 5.91 Å². The zero-order valence-electron chi connectivity index (χ0n) is 20.3. The van der Waals surface area contributed by atoms with Crippen molar-refractivity contribution < 1.29 is 14.3 Å². The maximum Gasteiger partial charge on any atom is 0.323 e. The van der Waals surface area contributed by atoms with E-state index in [0.717, 1.165) is 33.2 Å². The molecule has 1 fully saturated rings. The van der Waals surface area contributed by atoms with Gasteiger partial charge in [0, 0.05) is 40.6 Å². The van der Waals surface area contributed by atoms with E-state index in [-0.39, 0.29) is 17.9 Å². The topological polar surface area (TPSA) is 74.4 Å². The Morgan fingerprint density at radius 2 is 1.83 bits per heavy atom. The standard InChI is InChI=1S/C29H28ClN3O3/c1-18-8-6-7-11-20(18)16-33-17-22(15-25(33)29(35)36-2)31-28(34)27-26(19-9-4-3-5-10-19)23-14-21(30)12-13-24(23)32-27/h3-14,22,25,32H,15-17H2,1-2H3,(H,31,34)/t22-,25+/m1/s1. The number of ether oxygens (including phenoxy) is 1. The number of amides is 1. The number of nitrogens with one attached hydrogen (secondary N) is 2. The van der Waals surface area contributed by atoms with Crippen LogP contribution in [0.25, 0.3) is 22.0 Å². The van der Waals surface area contributed by atoms with Gasteiger partial charge in [0.15, 0.2) is 0 Å². The first kappa shape index (κ1) is 24.1. The van der Waals surface area contributed by atoms with Crippen LogP contribution in [0.3, 0.4) is 0 Å². The molecule has 184 valence electrons. The van der Waals surface area contributed by atoms with Crippen molar-refractivity contribution >= 4 is 34.4 Å². The Morgan fingerprint density at radius 3 is 2.58 bits per heavy atom. The lowest BCUT2D eigenvalue weighted by Gasteiger charge is -2.23. The van der Waals surface area contributed by atoms with Gasteiger partial charge in [0.1, 0.15) is 11.7 Å². The number of halogens is 1. The number of nitrogens with zero attached hydrogens (tertiary/aromatic N) is 1. The van der Waals surface area contributed by atoms with E-state index in [0.29, 0.717) is 30.2 Å². The van der Waals surface area contributed by atoms with E-state index in [1.54, 1.807) is 6.07 Å². The predicted molar refractivity (Wildman–Crippen MR) is 142 cm³/mol. The van der Waals surface area contributed by atoms with Crippen molar-refractivity contribution in [1.82, 2.24) is 15.2 Å². The van der Waals surface area contributed by atoms with Crippen LogP contribution in [0.1, 0.15) is 28.0 Å². The lowest BCUT2D eigenvalue weighted by atomic mass is 10.0. The fourth-order valence-corrected chi connectivity index (χ4v) is 5.24. The van der Waals surface area contributed by atoms with Crippen molar-refractivity contribution in [1.29, 1.82) is 0 Å². The van der Waals surface area contributed by atoms with Crippen molar-refractivity contribution in [2.24, 2.45) is 0 Å². The molecule has 36 heavy (non-hydrogen) atoms. The van der Waals surface area contributed by atoms with Gasteiger partial charge in [-0.1, -0.05) is 66.2 Å². The molecule has 1 aliphatic heterocycles. The number of H-pyrrole nitrogens is 1. The Morgan fingerprint density at radius 1 is 1.08 bits per heavy atom. The van der Waals surface area contributed by atoms with Gasteiger partial charge in [-0.15, -0.1) is 0 Å². The normalized spacial score (nSPS) is 17.9. The number of rotatable bonds is 6. The summed E-state index contributed by atoms with van der Waals surface area (Å²) in [6.07, 6.45) is 0.483. The quantitative estimate of drug-likeness (QED) is 0.350. The molecule has 1 amide bonds. The third-order valence-corrected chi connectivity index (χ3v) is 7.13. The number of methoxy groups -OCH3 is 1. The van der Waals surface area contributed by atoms with Crippen LogP contribution >= 0.6 is 11.6 Å². The highest BCUT2D eigenvalue weighted by atomic mass is 35.5. The minimum absolute atomic E-state index is 0.204. The first-order valence-corrected chi connectivity index (χ1v) is 12.4. The van der Waals surface area contributed by atoms with Gasteiger partial charge in [-0.2, -0.15) is 0 Å². The lowest BCUT2D eigenvalue weighted by Crippen LogP contribution is -2.38. The minimum atomic E-state index is -0.421. The molecule has 2 N–H and O–H groups in total. The molecule has 0 bridgehead atoms. The smallest absolute Gasteiger partial charge is 0.323 e. The Kier molecular flexibility index (Phi) is 6.81. The van der Waals surface area contributed by atoms with Crippen molar-refractivity contribution in [2.45, 2.75) is 32.0 Å². The summed E-state index contributed by atoms with van der Waals surface area (Å²) in [6.45, 7) is 3.22. The molecular formula is C29H28ClN3O3. The summed E-state index contributed by atoms with van der Waals surface area (Å²) in [7, 11) is 1.40. The Bertz CT molecular complexity index is 1420. The Balaban J connectivity index is 1.43. The van der Waals surface area contributed by atoms with E-state index >= 15 is 0 Å². The molecular weight excluding hydrogens is 474 g/mol. The number of esters is 1. The fourth-order valence-electron chi connectivity index (χ4n) is 5.07. The van der Waals surface area contributed by atoms with Crippen LogP contribution in [-0.2, 0) is 16.1 Å². The summed E-state index contributed by atoms with van der Waals surface area (Å²) in [5.74, 6) is -0.502.